The summed E-state index contributed by atoms with van der Waals surface area (Å²) in [4.78, 5) is 13.2. The summed E-state index contributed by atoms with van der Waals surface area (Å²) in [5.74, 6) is -0.122. The Hall–Kier alpha value is -1.51. The minimum atomic E-state index is -0.748. The number of hydrogen-bond donors (Lipinski definition) is 1. The number of aliphatic carboxylic acids is 1. The first-order valence-electron chi connectivity index (χ1n) is 7.17. The highest BCUT2D eigenvalue weighted by Gasteiger charge is 2.32. The molecule has 0 radical (unpaired) electrons. The Morgan fingerprint density at radius 1 is 1.32 bits per heavy atom. The van der Waals surface area contributed by atoms with E-state index < -0.39 is 5.97 Å². The van der Waals surface area contributed by atoms with Crippen molar-refractivity contribution in [2.75, 3.05) is 11.4 Å². The molecule has 1 fully saturated rings. The second-order valence-corrected chi connectivity index (χ2v) is 5.52. The van der Waals surface area contributed by atoms with E-state index in [-0.39, 0.29) is 6.54 Å². The van der Waals surface area contributed by atoms with Crippen molar-refractivity contribution in [1.29, 1.82) is 0 Å². The van der Waals surface area contributed by atoms with Crippen LogP contribution in [0.5, 0.6) is 0 Å². The average Bonchev–Trinajstić information content (AvgIpc) is 2.85. The number of carboxylic acid groups (broad SMARTS) is 1. The van der Waals surface area contributed by atoms with Gasteiger partial charge in [0.05, 0.1) is 0 Å². The molecule has 2 unspecified atom stereocenters. The van der Waals surface area contributed by atoms with Gasteiger partial charge in [0.2, 0.25) is 0 Å². The van der Waals surface area contributed by atoms with Crippen LogP contribution in [0.4, 0.5) is 5.69 Å². The average molecular weight is 261 g/mol. The number of nitrogens with zero attached hydrogens (tertiary/aromatic N) is 1. The Balaban J connectivity index is 2.24. The summed E-state index contributed by atoms with van der Waals surface area (Å²) in [7, 11) is 0. The van der Waals surface area contributed by atoms with Gasteiger partial charge in [-0.05, 0) is 37.8 Å². The molecule has 0 aliphatic heterocycles. The predicted octanol–water partition coefficient (Wildman–Crippen LogP) is 3.46. The van der Waals surface area contributed by atoms with Crippen LogP contribution in [0.15, 0.2) is 24.3 Å². The van der Waals surface area contributed by atoms with Crippen molar-refractivity contribution in [3.05, 3.63) is 29.8 Å². The van der Waals surface area contributed by atoms with E-state index in [9.17, 15) is 9.90 Å². The molecule has 1 aromatic carbocycles. The molecule has 2 atom stereocenters. The highest BCUT2D eigenvalue weighted by molar-refractivity contribution is 5.74. The van der Waals surface area contributed by atoms with Crippen LogP contribution in [-0.2, 0) is 4.79 Å². The van der Waals surface area contributed by atoms with Crippen LogP contribution in [0, 0.1) is 12.8 Å². The van der Waals surface area contributed by atoms with Gasteiger partial charge in [0.1, 0.15) is 6.54 Å². The first kappa shape index (κ1) is 13.9. The number of benzene rings is 1. The summed E-state index contributed by atoms with van der Waals surface area (Å²) >= 11 is 0. The highest BCUT2D eigenvalue weighted by atomic mass is 16.4. The van der Waals surface area contributed by atoms with Gasteiger partial charge in [-0.3, -0.25) is 4.79 Å². The fourth-order valence-corrected chi connectivity index (χ4v) is 3.19. The maximum atomic E-state index is 11.2. The molecule has 1 N–H and O–H groups in total. The molecule has 0 aromatic heterocycles. The molecule has 3 nitrogen and oxygen atoms in total. The third kappa shape index (κ3) is 3.28. The molecular weight excluding hydrogens is 238 g/mol. The molecule has 0 spiro atoms. The standard InChI is InChI=1S/C16H23NO2/c1-3-13-5-4-6-15(13)17(11-16(18)19)14-9-7-12(2)8-10-14/h7-10,13,15H,3-6,11H2,1-2H3,(H,18,19). The Morgan fingerprint density at radius 2 is 2.00 bits per heavy atom. The zero-order chi connectivity index (χ0) is 13.8. The van der Waals surface area contributed by atoms with Gasteiger partial charge in [-0.2, -0.15) is 0 Å². The lowest BCUT2D eigenvalue weighted by Gasteiger charge is -2.33. The normalized spacial score (nSPS) is 22.4. The van der Waals surface area contributed by atoms with Gasteiger partial charge in [0.25, 0.3) is 0 Å². The van der Waals surface area contributed by atoms with Gasteiger partial charge in [0.15, 0.2) is 0 Å². The van der Waals surface area contributed by atoms with Crippen LogP contribution in [0.2, 0.25) is 0 Å². The van der Waals surface area contributed by atoms with Crippen LogP contribution < -0.4 is 4.90 Å². The smallest absolute Gasteiger partial charge is 0.323 e. The Kier molecular flexibility index (Phi) is 4.46. The van der Waals surface area contributed by atoms with Gasteiger partial charge in [0, 0.05) is 11.7 Å². The van der Waals surface area contributed by atoms with Crippen molar-refractivity contribution in [3.8, 4) is 0 Å². The van der Waals surface area contributed by atoms with E-state index in [4.69, 9.17) is 0 Å². The van der Waals surface area contributed by atoms with Crippen molar-refractivity contribution in [2.24, 2.45) is 5.92 Å². The van der Waals surface area contributed by atoms with Gasteiger partial charge in [-0.1, -0.05) is 37.5 Å². The van der Waals surface area contributed by atoms with Crippen LogP contribution in [0.3, 0.4) is 0 Å². The predicted molar refractivity (Wildman–Crippen MR) is 77.6 cm³/mol. The highest BCUT2D eigenvalue weighted by Crippen LogP contribution is 2.34. The molecule has 0 heterocycles. The third-order valence-electron chi connectivity index (χ3n) is 4.21. The SMILES string of the molecule is CCC1CCCC1N(CC(=O)O)c1ccc(C)cc1. The Bertz CT molecular complexity index is 427. The minimum Gasteiger partial charge on any atom is -0.480 e. The van der Waals surface area contributed by atoms with E-state index in [2.05, 4.69) is 30.9 Å². The Morgan fingerprint density at radius 3 is 2.58 bits per heavy atom. The minimum absolute atomic E-state index is 0.101. The molecule has 19 heavy (non-hydrogen) atoms. The first-order valence-corrected chi connectivity index (χ1v) is 7.17. The lowest BCUT2D eigenvalue weighted by molar-refractivity contribution is -0.135. The number of aryl methyl sites for hydroxylation is 1. The molecule has 0 saturated heterocycles. The van der Waals surface area contributed by atoms with Crippen molar-refractivity contribution < 1.29 is 9.90 Å². The second-order valence-electron chi connectivity index (χ2n) is 5.52. The number of hydrogen-bond acceptors (Lipinski definition) is 2. The summed E-state index contributed by atoms with van der Waals surface area (Å²) in [6, 6.07) is 8.58. The van der Waals surface area contributed by atoms with Crippen molar-refractivity contribution in [2.45, 2.75) is 45.6 Å². The van der Waals surface area contributed by atoms with Crippen LogP contribution in [-0.4, -0.2) is 23.7 Å². The number of carbonyl (C=O) groups is 1. The van der Waals surface area contributed by atoms with E-state index >= 15 is 0 Å². The second kappa shape index (κ2) is 6.09. The molecule has 1 aliphatic rings. The van der Waals surface area contributed by atoms with Crippen molar-refractivity contribution >= 4 is 11.7 Å². The van der Waals surface area contributed by atoms with Gasteiger partial charge in [-0.15, -0.1) is 0 Å². The van der Waals surface area contributed by atoms with Gasteiger partial charge in [-0.25, -0.2) is 0 Å². The lowest BCUT2D eigenvalue weighted by atomic mass is 9.98. The summed E-state index contributed by atoms with van der Waals surface area (Å²) in [5, 5.41) is 9.18. The molecule has 1 aromatic rings. The van der Waals surface area contributed by atoms with E-state index in [0.717, 1.165) is 18.5 Å². The van der Waals surface area contributed by atoms with Crippen LogP contribution in [0.25, 0.3) is 0 Å². The molecule has 1 aliphatic carbocycles. The van der Waals surface area contributed by atoms with Crippen molar-refractivity contribution in [1.82, 2.24) is 0 Å². The van der Waals surface area contributed by atoms with E-state index in [1.807, 2.05) is 12.1 Å². The fraction of sp³-hybridized carbons (Fsp3) is 0.562. The van der Waals surface area contributed by atoms with Gasteiger partial charge < -0.3 is 10.0 Å². The molecule has 2 rings (SSSR count). The number of anilines is 1. The first-order chi connectivity index (χ1) is 9.11. The van der Waals surface area contributed by atoms with E-state index in [1.54, 1.807) is 0 Å². The molecule has 104 valence electrons. The summed E-state index contributed by atoms with van der Waals surface area (Å²) in [5.41, 5.74) is 2.25. The topological polar surface area (TPSA) is 40.5 Å². The third-order valence-corrected chi connectivity index (χ3v) is 4.21. The molecule has 0 bridgehead atoms. The van der Waals surface area contributed by atoms with Crippen LogP contribution >= 0.6 is 0 Å². The largest absolute Gasteiger partial charge is 0.480 e. The summed E-state index contributed by atoms with van der Waals surface area (Å²) in [6.45, 7) is 4.36. The quantitative estimate of drug-likeness (QED) is 0.882. The number of rotatable bonds is 5. The summed E-state index contributed by atoms with van der Waals surface area (Å²) in [6.07, 6.45) is 4.68. The van der Waals surface area contributed by atoms with Crippen LogP contribution in [0.1, 0.15) is 38.2 Å². The maximum Gasteiger partial charge on any atom is 0.323 e. The zero-order valence-corrected chi connectivity index (χ0v) is 11.8. The maximum absolute atomic E-state index is 11.2. The van der Waals surface area contributed by atoms with Gasteiger partial charge >= 0.3 is 5.97 Å². The lowest BCUT2D eigenvalue weighted by Crippen LogP contribution is -2.41. The summed E-state index contributed by atoms with van der Waals surface area (Å²) < 4.78 is 0. The van der Waals surface area contributed by atoms with E-state index in [0.29, 0.717) is 12.0 Å². The van der Waals surface area contributed by atoms with Crippen molar-refractivity contribution in [3.63, 3.8) is 0 Å². The number of carboxylic acids is 1. The van der Waals surface area contributed by atoms with E-state index in [1.165, 1.54) is 18.4 Å². The molecule has 1 saturated carbocycles. The molecular formula is C16H23NO2. The molecule has 0 amide bonds. The monoisotopic (exact) mass is 261 g/mol. The zero-order valence-electron chi connectivity index (χ0n) is 11.8. The fourth-order valence-electron chi connectivity index (χ4n) is 3.19. The molecule has 3 heteroatoms. The Labute approximate surface area is 115 Å².